The predicted molar refractivity (Wildman–Crippen MR) is 90.1 cm³/mol. The van der Waals surface area contributed by atoms with E-state index in [2.05, 4.69) is 5.32 Å². The van der Waals surface area contributed by atoms with E-state index in [1.807, 2.05) is 0 Å². The van der Waals surface area contributed by atoms with Crippen molar-refractivity contribution in [2.24, 2.45) is 0 Å². The van der Waals surface area contributed by atoms with Gasteiger partial charge in [0.2, 0.25) is 0 Å². The van der Waals surface area contributed by atoms with Crippen molar-refractivity contribution in [3.8, 4) is 0 Å². The summed E-state index contributed by atoms with van der Waals surface area (Å²) in [6, 6.07) is -0.764. The minimum atomic E-state index is -1.07. The standard InChI is InChI=1S/C15H26N4O7/c20-11-12-7-18(9-14(23)24)6-5-17(8-13(21)22)3-1-16-2-4-19(12)10-15(25)26/h11-12,16H,1-10H2,(H,21,22)(H,23,24)(H,25,26). The molecule has 0 aliphatic carbocycles. The van der Waals surface area contributed by atoms with Crippen LogP contribution in [0.1, 0.15) is 0 Å². The van der Waals surface area contributed by atoms with E-state index in [-0.39, 0.29) is 32.7 Å². The zero-order valence-corrected chi connectivity index (χ0v) is 14.5. The maximum absolute atomic E-state index is 11.5. The number of rotatable bonds is 7. The molecular weight excluding hydrogens is 348 g/mol. The lowest BCUT2D eigenvalue weighted by Gasteiger charge is -2.33. The number of carbonyl (C=O) groups excluding carboxylic acids is 1. The summed E-state index contributed by atoms with van der Waals surface area (Å²) < 4.78 is 0. The van der Waals surface area contributed by atoms with E-state index in [1.54, 1.807) is 4.90 Å². The Morgan fingerprint density at radius 3 is 1.96 bits per heavy atom. The van der Waals surface area contributed by atoms with Gasteiger partial charge in [-0.1, -0.05) is 0 Å². The average Bonchev–Trinajstić information content (AvgIpc) is 2.53. The van der Waals surface area contributed by atoms with Gasteiger partial charge in [-0.2, -0.15) is 0 Å². The lowest BCUT2D eigenvalue weighted by Crippen LogP contribution is -2.52. The third-order valence-corrected chi connectivity index (χ3v) is 4.04. The summed E-state index contributed by atoms with van der Waals surface area (Å²) in [6.07, 6.45) is 0.624. The van der Waals surface area contributed by atoms with Crippen LogP contribution in [0.4, 0.5) is 0 Å². The van der Waals surface area contributed by atoms with Crippen molar-refractivity contribution in [2.45, 2.75) is 6.04 Å². The Hall–Kier alpha value is -2.08. The van der Waals surface area contributed by atoms with Crippen LogP contribution in [0.15, 0.2) is 0 Å². The number of carboxylic acids is 3. The second-order valence-electron chi connectivity index (χ2n) is 6.12. The average molecular weight is 374 g/mol. The summed E-state index contributed by atoms with van der Waals surface area (Å²) in [7, 11) is 0. The van der Waals surface area contributed by atoms with E-state index < -0.39 is 23.9 Å². The molecule has 1 unspecified atom stereocenters. The molecule has 0 radical (unpaired) electrons. The third kappa shape index (κ3) is 8.85. The first-order chi connectivity index (χ1) is 12.3. The van der Waals surface area contributed by atoms with Crippen molar-refractivity contribution in [1.82, 2.24) is 20.0 Å². The van der Waals surface area contributed by atoms with Crippen LogP contribution in [0.5, 0.6) is 0 Å². The Labute approximate surface area is 151 Å². The molecule has 0 aromatic rings. The van der Waals surface area contributed by atoms with Crippen molar-refractivity contribution in [2.75, 3.05) is 65.4 Å². The fraction of sp³-hybridized carbons (Fsp3) is 0.733. The molecule has 0 saturated carbocycles. The first-order valence-corrected chi connectivity index (χ1v) is 8.32. The number of carboxylic acid groups (broad SMARTS) is 3. The zero-order chi connectivity index (χ0) is 19.5. The predicted octanol–water partition coefficient (Wildman–Crippen LogP) is -2.68. The molecule has 148 valence electrons. The molecular formula is C15H26N4O7. The van der Waals surface area contributed by atoms with Crippen molar-refractivity contribution in [3.63, 3.8) is 0 Å². The molecule has 11 heteroatoms. The molecule has 1 aliphatic heterocycles. The van der Waals surface area contributed by atoms with Gasteiger partial charge >= 0.3 is 17.9 Å². The maximum atomic E-state index is 11.5. The second-order valence-corrected chi connectivity index (χ2v) is 6.12. The molecule has 1 heterocycles. The highest BCUT2D eigenvalue weighted by atomic mass is 16.4. The second kappa shape index (κ2) is 11.5. The van der Waals surface area contributed by atoms with E-state index >= 15 is 0 Å². The van der Waals surface area contributed by atoms with E-state index in [1.165, 1.54) is 9.80 Å². The highest BCUT2D eigenvalue weighted by molar-refractivity contribution is 5.71. The van der Waals surface area contributed by atoms with Gasteiger partial charge in [-0.15, -0.1) is 0 Å². The number of aliphatic carboxylic acids is 3. The van der Waals surface area contributed by atoms with Crippen molar-refractivity contribution in [3.05, 3.63) is 0 Å². The summed E-state index contributed by atoms with van der Waals surface area (Å²) in [5, 5.41) is 30.2. The topological polar surface area (TPSA) is 151 Å². The summed E-state index contributed by atoms with van der Waals surface area (Å²) in [5.74, 6) is -3.11. The molecule has 26 heavy (non-hydrogen) atoms. The van der Waals surface area contributed by atoms with Crippen molar-refractivity contribution >= 4 is 24.2 Å². The molecule has 1 fully saturated rings. The molecule has 4 N–H and O–H groups in total. The Morgan fingerprint density at radius 1 is 0.846 bits per heavy atom. The molecule has 0 aromatic heterocycles. The summed E-state index contributed by atoms with van der Waals surface area (Å²) >= 11 is 0. The van der Waals surface area contributed by atoms with Crippen LogP contribution in [0.2, 0.25) is 0 Å². The fourth-order valence-corrected chi connectivity index (χ4v) is 2.80. The minimum absolute atomic E-state index is 0.0595. The van der Waals surface area contributed by atoms with Crippen LogP contribution in [0.3, 0.4) is 0 Å². The van der Waals surface area contributed by atoms with Gasteiger partial charge in [0.25, 0.3) is 0 Å². The number of carbonyl (C=O) groups is 4. The summed E-state index contributed by atoms with van der Waals surface area (Å²) in [4.78, 5) is 49.3. The highest BCUT2D eigenvalue weighted by Gasteiger charge is 2.25. The number of hydrogen-bond donors (Lipinski definition) is 4. The first-order valence-electron chi connectivity index (χ1n) is 8.32. The van der Waals surface area contributed by atoms with E-state index in [9.17, 15) is 19.2 Å². The van der Waals surface area contributed by atoms with Crippen LogP contribution >= 0.6 is 0 Å². The molecule has 0 spiro atoms. The third-order valence-electron chi connectivity index (χ3n) is 4.04. The number of nitrogens with one attached hydrogen (secondary N) is 1. The van der Waals surface area contributed by atoms with E-state index in [0.29, 0.717) is 39.0 Å². The van der Waals surface area contributed by atoms with E-state index in [4.69, 9.17) is 15.3 Å². The van der Waals surface area contributed by atoms with Gasteiger partial charge in [-0.3, -0.25) is 29.1 Å². The van der Waals surface area contributed by atoms with Gasteiger partial charge in [-0.25, -0.2) is 0 Å². The van der Waals surface area contributed by atoms with Gasteiger partial charge in [0.05, 0.1) is 25.7 Å². The number of hydrogen-bond acceptors (Lipinski definition) is 8. The van der Waals surface area contributed by atoms with Crippen LogP contribution in [-0.2, 0) is 19.2 Å². The van der Waals surface area contributed by atoms with Gasteiger partial charge in [0.15, 0.2) is 0 Å². The minimum Gasteiger partial charge on any atom is -0.480 e. The van der Waals surface area contributed by atoms with Crippen molar-refractivity contribution < 1.29 is 34.5 Å². The van der Waals surface area contributed by atoms with Crippen LogP contribution in [-0.4, -0.2) is 126 Å². The highest BCUT2D eigenvalue weighted by Crippen LogP contribution is 2.03. The zero-order valence-electron chi connectivity index (χ0n) is 14.5. The Morgan fingerprint density at radius 2 is 1.38 bits per heavy atom. The molecule has 1 rings (SSSR count). The molecule has 0 bridgehead atoms. The Bertz CT molecular complexity index is 502. The smallest absolute Gasteiger partial charge is 0.317 e. The SMILES string of the molecule is O=CC1CN(CC(=O)O)CCN(CC(=O)O)CCNCCN1CC(=O)O. The van der Waals surface area contributed by atoms with Crippen LogP contribution < -0.4 is 5.32 Å². The quantitative estimate of drug-likeness (QED) is 0.345. The lowest BCUT2D eigenvalue weighted by atomic mass is 10.2. The normalized spacial score (nSPS) is 22.1. The number of aldehydes is 1. The largest absolute Gasteiger partial charge is 0.480 e. The van der Waals surface area contributed by atoms with Crippen LogP contribution in [0, 0.1) is 0 Å². The van der Waals surface area contributed by atoms with Crippen molar-refractivity contribution in [1.29, 1.82) is 0 Å². The van der Waals surface area contributed by atoms with Gasteiger partial charge < -0.3 is 25.4 Å². The Balaban J connectivity index is 2.90. The van der Waals surface area contributed by atoms with Gasteiger partial charge in [-0.05, 0) is 0 Å². The van der Waals surface area contributed by atoms with Crippen LogP contribution in [0.25, 0.3) is 0 Å². The number of nitrogens with zero attached hydrogens (tertiary/aromatic N) is 3. The van der Waals surface area contributed by atoms with Gasteiger partial charge in [0.1, 0.15) is 6.29 Å². The molecule has 1 saturated heterocycles. The Kier molecular flexibility index (Phi) is 9.73. The van der Waals surface area contributed by atoms with E-state index in [0.717, 1.165) is 0 Å². The summed E-state index contributed by atoms with van der Waals surface area (Å²) in [5.41, 5.74) is 0. The maximum Gasteiger partial charge on any atom is 0.317 e. The molecule has 1 atom stereocenters. The lowest BCUT2D eigenvalue weighted by molar-refractivity contribution is -0.141. The first kappa shape index (κ1) is 22.0. The fourth-order valence-electron chi connectivity index (χ4n) is 2.80. The van der Waals surface area contributed by atoms with Gasteiger partial charge in [0, 0.05) is 45.8 Å². The molecule has 0 aromatic carbocycles. The monoisotopic (exact) mass is 374 g/mol. The molecule has 11 nitrogen and oxygen atoms in total. The molecule has 1 aliphatic rings. The molecule has 0 amide bonds. The summed E-state index contributed by atoms with van der Waals surface area (Å²) in [6.45, 7) is 1.53.